The van der Waals surface area contributed by atoms with Gasteiger partial charge in [0.25, 0.3) is 5.91 Å². The molecule has 1 heterocycles. The molecule has 0 unspecified atom stereocenters. The summed E-state index contributed by atoms with van der Waals surface area (Å²) in [4.78, 5) is 12.6. The van der Waals surface area contributed by atoms with Crippen LogP contribution in [0.5, 0.6) is 0 Å². The van der Waals surface area contributed by atoms with E-state index >= 15 is 0 Å². The molecule has 1 aromatic rings. The van der Waals surface area contributed by atoms with Crippen molar-refractivity contribution in [2.75, 3.05) is 16.6 Å². The second kappa shape index (κ2) is 5.51. The lowest BCUT2D eigenvalue weighted by Crippen LogP contribution is -2.38. The van der Waals surface area contributed by atoms with Crippen LogP contribution in [-0.4, -0.2) is 32.7 Å². The Morgan fingerprint density at radius 2 is 1.87 bits per heavy atom. The highest BCUT2D eigenvalue weighted by molar-refractivity contribution is 7.93. The zero-order chi connectivity index (χ0) is 16.0. The Balaban J connectivity index is 1.52. The first-order chi connectivity index (χ1) is 11.0. The summed E-state index contributed by atoms with van der Waals surface area (Å²) in [5, 5.41) is 3.19. The topological polar surface area (TPSA) is 66.5 Å². The van der Waals surface area contributed by atoms with E-state index in [0.29, 0.717) is 42.1 Å². The van der Waals surface area contributed by atoms with Crippen LogP contribution in [0.2, 0.25) is 0 Å². The first kappa shape index (κ1) is 15.0. The number of nitrogens with one attached hydrogen (secondary N) is 1. The van der Waals surface area contributed by atoms with Crippen molar-refractivity contribution in [1.82, 2.24) is 5.32 Å². The van der Waals surface area contributed by atoms with Gasteiger partial charge in [-0.15, -0.1) is 0 Å². The highest BCUT2D eigenvalue weighted by atomic mass is 32.2. The van der Waals surface area contributed by atoms with Gasteiger partial charge in [-0.05, 0) is 62.1 Å². The van der Waals surface area contributed by atoms with E-state index in [0.717, 1.165) is 0 Å². The van der Waals surface area contributed by atoms with Gasteiger partial charge in [0.2, 0.25) is 10.0 Å². The van der Waals surface area contributed by atoms with Gasteiger partial charge in [0, 0.05) is 18.2 Å². The zero-order valence-corrected chi connectivity index (χ0v) is 13.9. The molecule has 2 saturated carbocycles. The van der Waals surface area contributed by atoms with Crippen molar-refractivity contribution in [2.45, 2.75) is 38.1 Å². The fourth-order valence-electron chi connectivity index (χ4n) is 3.50. The number of rotatable bonds is 5. The van der Waals surface area contributed by atoms with Gasteiger partial charge in [-0.1, -0.05) is 6.07 Å². The number of nitrogens with zero attached hydrogens (tertiary/aromatic N) is 1. The molecule has 3 aliphatic rings. The Bertz CT molecular complexity index is 711. The van der Waals surface area contributed by atoms with Crippen molar-refractivity contribution in [2.24, 2.45) is 11.8 Å². The smallest absolute Gasteiger partial charge is 0.251 e. The fraction of sp³-hybridized carbons (Fsp3) is 0.588. The molecule has 0 bridgehead atoms. The van der Waals surface area contributed by atoms with Crippen LogP contribution in [0.3, 0.4) is 0 Å². The van der Waals surface area contributed by atoms with E-state index in [-0.39, 0.29) is 11.7 Å². The molecule has 4 rings (SSSR count). The first-order valence-corrected chi connectivity index (χ1v) is 10.1. The number of carbonyl (C=O) groups is 1. The highest BCUT2D eigenvalue weighted by Gasteiger charge is 2.42. The number of benzene rings is 1. The van der Waals surface area contributed by atoms with Crippen LogP contribution in [0.15, 0.2) is 24.3 Å². The van der Waals surface area contributed by atoms with E-state index in [1.807, 2.05) is 0 Å². The zero-order valence-electron chi connectivity index (χ0n) is 13.1. The Hall–Kier alpha value is -1.56. The maximum atomic E-state index is 12.6. The van der Waals surface area contributed by atoms with Crippen LogP contribution in [0.25, 0.3) is 0 Å². The number of amides is 1. The third kappa shape index (κ3) is 3.09. The van der Waals surface area contributed by atoms with E-state index < -0.39 is 10.0 Å². The summed E-state index contributed by atoms with van der Waals surface area (Å²) in [5.41, 5.74) is 1.15. The lowest BCUT2D eigenvalue weighted by atomic mass is 10.1. The summed E-state index contributed by atoms with van der Waals surface area (Å²) < 4.78 is 25.5. The van der Waals surface area contributed by atoms with Crippen LogP contribution in [0.4, 0.5) is 5.69 Å². The summed E-state index contributed by atoms with van der Waals surface area (Å²) in [6.45, 7) is 0.500. The van der Waals surface area contributed by atoms with Gasteiger partial charge in [-0.25, -0.2) is 8.42 Å². The van der Waals surface area contributed by atoms with E-state index in [1.165, 1.54) is 30.0 Å². The van der Waals surface area contributed by atoms with Gasteiger partial charge >= 0.3 is 0 Å². The molecule has 124 valence electrons. The van der Waals surface area contributed by atoms with Gasteiger partial charge < -0.3 is 5.32 Å². The third-order valence-electron chi connectivity index (χ3n) is 5.05. The SMILES string of the molecule is O=C(NC(C1CC1)C1CC1)c1cccc(N2CCCS2(=O)=O)c1. The van der Waals surface area contributed by atoms with E-state index in [4.69, 9.17) is 0 Å². The first-order valence-electron chi connectivity index (χ1n) is 8.46. The molecule has 0 spiro atoms. The molecule has 2 aliphatic carbocycles. The Morgan fingerprint density at radius 3 is 2.43 bits per heavy atom. The summed E-state index contributed by atoms with van der Waals surface area (Å²) in [6.07, 6.45) is 5.51. The molecule has 1 amide bonds. The van der Waals surface area contributed by atoms with Crippen LogP contribution in [-0.2, 0) is 10.0 Å². The molecule has 0 atom stereocenters. The van der Waals surface area contributed by atoms with Crippen molar-refractivity contribution in [3.8, 4) is 0 Å². The van der Waals surface area contributed by atoms with Crippen LogP contribution < -0.4 is 9.62 Å². The second-order valence-electron chi connectivity index (χ2n) is 6.97. The number of carbonyl (C=O) groups excluding carboxylic acids is 1. The Labute approximate surface area is 137 Å². The molecule has 5 nitrogen and oxygen atoms in total. The van der Waals surface area contributed by atoms with Crippen molar-refractivity contribution in [3.63, 3.8) is 0 Å². The number of sulfonamides is 1. The van der Waals surface area contributed by atoms with Gasteiger partial charge in [-0.2, -0.15) is 0 Å². The number of anilines is 1. The summed E-state index contributed by atoms with van der Waals surface area (Å²) in [6, 6.07) is 7.30. The van der Waals surface area contributed by atoms with E-state index in [1.54, 1.807) is 24.3 Å². The molecule has 0 radical (unpaired) electrons. The molecule has 1 N–H and O–H groups in total. The predicted octanol–water partition coefficient (Wildman–Crippen LogP) is 2.14. The Morgan fingerprint density at radius 1 is 1.17 bits per heavy atom. The van der Waals surface area contributed by atoms with E-state index in [9.17, 15) is 13.2 Å². The molecule has 6 heteroatoms. The molecular weight excluding hydrogens is 312 g/mol. The lowest BCUT2D eigenvalue weighted by Gasteiger charge is -2.20. The van der Waals surface area contributed by atoms with Crippen molar-refractivity contribution >= 4 is 21.6 Å². The van der Waals surface area contributed by atoms with Gasteiger partial charge in [0.15, 0.2) is 0 Å². The third-order valence-corrected chi connectivity index (χ3v) is 6.92. The van der Waals surface area contributed by atoms with Gasteiger partial charge in [0.05, 0.1) is 11.4 Å². The molecule has 0 aromatic heterocycles. The maximum Gasteiger partial charge on any atom is 0.251 e. The number of hydrogen-bond donors (Lipinski definition) is 1. The quantitative estimate of drug-likeness (QED) is 0.897. The van der Waals surface area contributed by atoms with Crippen LogP contribution in [0.1, 0.15) is 42.5 Å². The van der Waals surface area contributed by atoms with Crippen LogP contribution in [0, 0.1) is 11.8 Å². The molecule has 3 fully saturated rings. The second-order valence-corrected chi connectivity index (χ2v) is 8.98. The number of hydrogen-bond acceptors (Lipinski definition) is 3. The molecule has 23 heavy (non-hydrogen) atoms. The van der Waals surface area contributed by atoms with Crippen molar-refractivity contribution < 1.29 is 13.2 Å². The minimum absolute atomic E-state index is 0.0766. The minimum atomic E-state index is -3.21. The molecule has 1 aromatic carbocycles. The molecule has 1 aliphatic heterocycles. The highest BCUT2D eigenvalue weighted by Crippen LogP contribution is 2.44. The lowest BCUT2D eigenvalue weighted by molar-refractivity contribution is 0.0926. The Kier molecular flexibility index (Phi) is 3.59. The summed E-state index contributed by atoms with van der Waals surface area (Å²) in [5.74, 6) is 1.41. The predicted molar refractivity (Wildman–Crippen MR) is 88.9 cm³/mol. The standard InChI is InChI=1S/C17H22N2O3S/c20-17(18-16(12-5-6-12)13-7-8-13)14-3-1-4-15(11-14)19-9-2-10-23(19,21)22/h1,3-4,11-13,16H,2,5-10H2,(H,18,20). The van der Waals surface area contributed by atoms with Crippen LogP contribution >= 0.6 is 0 Å². The fourth-order valence-corrected chi connectivity index (χ4v) is 5.05. The van der Waals surface area contributed by atoms with Crippen molar-refractivity contribution in [3.05, 3.63) is 29.8 Å². The van der Waals surface area contributed by atoms with Gasteiger partial charge in [-0.3, -0.25) is 9.10 Å². The largest absolute Gasteiger partial charge is 0.349 e. The summed E-state index contributed by atoms with van der Waals surface area (Å²) in [7, 11) is -3.21. The molecular formula is C17H22N2O3S. The monoisotopic (exact) mass is 334 g/mol. The maximum absolute atomic E-state index is 12.6. The van der Waals surface area contributed by atoms with Crippen molar-refractivity contribution in [1.29, 1.82) is 0 Å². The minimum Gasteiger partial charge on any atom is -0.349 e. The average Bonchev–Trinajstić information content (AvgIpc) is 3.43. The van der Waals surface area contributed by atoms with Gasteiger partial charge in [0.1, 0.15) is 0 Å². The normalized spacial score (nSPS) is 23.3. The average molecular weight is 334 g/mol. The van der Waals surface area contributed by atoms with E-state index in [2.05, 4.69) is 5.32 Å². The summed E-state index contributed by atoms with van der Waals surface area (Å²) >= 11 is 0. The molecule has 1 saturated heterocycles.